The van der Waals surface area contributed by atoms with Crippen molar-refractivity contribution in [3.8, 4) is 17.5 Å². The number of methoxy groups -OCH3 is 1. The van der Waals surface area contributed by atoms with Gasteiger partial charge in [0.15, 0.2) is 5.69 Å². The van der Waals surface area contributed by atoms with E-state index >= 15 is 0 Å². The predicted octanol–water partition coefficient (Wildman–Crippen LogP) is 2.65. The summed E-state index contributed by atoms with van der Waals surface area (Å²) in [5.41, 5.74) is 3.12. The van der Waals surface area contributed by atoms with Gasteiger partial charge in [0.1, 0.15) is 17.5 Å². The molecule has 0 saturated carbocycles. The minimum absolute atomic E-state index is 0.377. The van der Waals surface area contributed by atoms with Gasteiger partial charge in [0.05, 0.1) is 12.8 Å². The summed E-state index contributed by atoms with van der Waals surface area (Å²) in [5.74, 6) is 1.13. The van der Waals surface area contributed by atoms with Gasteiger partial charge in [-0.15, -0.1) is 5.10 Å². The Morgan fingerprint density at radius 2 is 2.15 bits per heavy atom. The van der Waals surface area contributed by atoms with E-state index in [1.165, 1.54) is 0 Å². The standard InChI is InChI=1S/C15H18N4O/c1-10(2)7-13-12(9-16)17-18-19(13)14-8-11(3)5-6-15(14)20-4/h5-6,8,10H,7H2,1-4H3. The van der Waals surface area contributed by atoms with E-state index in [2.05, 4.69) is 30.2 Å². The van der Waals surface area contributed by atoms with Gasteiger partial charge in [-0.1, -0.05) is 25.1 Å². The summed E-state index contributed by atoms with van der Waals surface area (Å²) >= 11 is 0. The van der Waals surface area contributed by atoms with Gasteiger partial charge in [0.2, 0.25) is 0 Å². The van der Waals surface area contributed by atoms with Crippen LogP contribution in [0.4, 0.5) is 0 Å². The van der Waals surface area contributed by atoms with Crippen molar-refractivity contribution in [3.63, 3.8) is 0 Å². The average molecular weight is 270 g/mol. The van der Waals surface area contributed by atoms with Gasteiger partial charge in [-0.2, -0.15) is 5.26 Å². The lowest BCUT2D eigenvalue weighted by molar-refractivity contribution is 0.410. The lowest BCUT2D eigenvalue weighted by Gasteiger charge is -2.12. The molecule has 5 nitrogen and oxygen atoms in total. The fraction of sp³-hybridized carbons (Fsp3) is 0.400. The van der Waals surface area contributed by atoms with E-state index in [4.69, 9.17) is 4.74 Å². The predicted molar refractivity (Wildman–Crippen MR) is 75.9 cm³/mol. The number of nitriles is 1. The monoisotopic (exact) mass is 270 g/mol. The smallest absolute Gasteiger partial charge is 0.186 e. The van der Waals surface area contributed by atoms with Crippen molar-refractivity contribution in [1.82, 2.24) is 15.0 Å². The number of aryl methyl sites for hydroxylation is 1. The molecule has 0 fully saturated rings. The maximum atomic E-state index is 9.18. The first-order valence-corrected chi connectivity index (χ1v) is 6.56. The van der Waals surface area contributed by atoms with Crippen LogP contribution >= 0.6 is 0 Å². The molecule has 0 spiro atoms. The second-order valence-electron chi connectivity index (χ2n) is 5.18. The number of ether oxygens (including phenoxy) is 1. The largest absolute Gasteiger partial charge is 0.494 e. The maximum Gasteiger partial charge on any atom is 0.186 e. The van der Waals surface area contributed by atoms with Crippen LogP contribution in [-0.2, 0) is 6.42 Å². The molecule has 1 aromatic carbocycles. The van der Waals surface area contributed by atoms with Crippen molar-refractivity contribution in [3.05, 3.63) is 35.2 Å². The fourth-order valence-corrected chi connectivity index (χ4v) is 2.12. The molecular weight excluding hydrogens is 252 g/mol. The number of aromatic nitrogens is 3. The van der Waals surface area contributed by atoms with Crippen molar-refractivity contribution in [1.29, 1.82) is 5.26 Å². The number of hydrogen-bond donors (Lipinski definition) is 0. The molecule has 0 atom stereocenters. The van der Waals surface area contributed by atoms with Crippen LogP contribution in [0.1, 0.15) is 30.8 Å². The minimum Gasteiger partial charge on any atom is -0.494 e. The zero-order valence-electron chi connectivity index (χ0n) is 12.2. The highest BCUT2D eigenvalue weighted by molar-refractivity contribution is 5.50. The molecule has 0 aliphatic carbocycles. The van der Waals surface area contributed by atoms with Crippen LogP contribution < -0.4 is 4.74 Å². The molecule has 0 amide bonds. The highest BCUT2D eigenvalue weighted by Gasteiger charge is 2.17. The van der Waals surface area contributed by atoms with E-state index < -0.39 is 0 Å². The zero-order valence-corrected chi connectivity index (χ0v) is 12.2. The Hall–Kier alpha value is -2.35. The van der Waals surface area contributed by atoms with E-state index in [1.807, 2.05) is 25.1 Å². The summed E-state index contributed by atoms with van der Waals surface area (Å²) in [5, 5.41) is 17.3. The van der Waals surface area contributed by atoms with Crippen LogP contribution in [0.25, 0.3) is 5.69 Å². The number of rotatable bonds is 4. The molecule has 5 heteroatoms. The second kappa shape index (κ2) is 5.74. The van der Waals surface area contributed by atoms with Gasteiger partial charge in [-0.25, -0.2) is 4.68 Å². The summed E-state index contributed by atoms with van der Waals surface area (Å²) in [4.78, 5) is 0. The normalized spacial score (nSPS) is 10.6. The molecule has 2 aromatic rings. The number of nitrogens with zero attached hydrogens (tertiary/aromatic N) is 4. The molecule has 20 heavy (non-hydrogen) atoms. The Morgan fingerprint density at radius 1 is 1.40 bits per heavy atom. The molecule has 0 aliphatic heterocycles. The molecule has 104 valence electrons. The van der Waals surface area contributed by atoms with Crippen molar-refractivity contribution in [2.24, 2.45) is 5.92 Å². The third-order valence-electron chi connectivity index (χ3n) is 3.03. The average Bonchev–Trinajstić information content (AvgIpc) is 2.80. The Kier molecular flexibility index (Phi) is 4.04. The van der Waals surface area contributed by atoms with Crippen LogP contribution in [-0.4, -0.2) is 22.1 Å². The van der Waals surface area contributed by atoms with E-state index in [0.717, 1.165) is 29.1 Å². The molecule has 0 saturated heterocycles. The summed E-state index contributed by atoms with van der Waals surface area (Å²) in [7, 11) is 1.62. The van der Waals surface area contributed by atoms with Crippen LogP contribution in [0.2, 0.25) is 0 Å². The van der Waals surface area contributed by atoms with Gasteiger partial charge < -0.3 is 4.74 Å². The van der Waals surface area contributed by atoms with Crippen LogP contribution in [0.3, 0.4) is 0 Å². The first-order chi connectivity index (χ1) is 9.56. The molecular formula is C15H18N4O. The van der Waals surface area contributed by atoms with Crippen LogP contribution in [0.15, 0.2) is 18.2 Å². The summed E-state index contributed by atoms with van der Waals surface area (Å²) in [6.45, 7) is 6.21. The molecule has 1 aromatic heterocycles. The SMILES string of the molecule is COc1ccc(C)cc1-n1nnc(C#N)c1CC(C)C. The highest BCUT2D eigenvalue weighted by atomic mass is 16.5. The van der Waals surface area contributed by atoms with Gasteiger partial charge >= 0.3 is 0 Å². The molecule has 2 rings (SSSR count). The van der Waals surface area contributed by atoms with Crippen molar-refractivity contribution >= 4 is 0 Å². The molecule has 0 unspecified atom stereocenters. The van der Waals surface area contributed by atoms with E-state index in [9.17, 15) is 5.26 Å². The topological polar surface area (TPSA) is 63.7 Å². The van der Waals surface area contributed by atoms with Crippen molar-refractivity contribution in [2.45, 2.75) is 27.2 Å². The Labute approximate surface area is 118 Å². The minimum atomic E-state index is 0.377. The molecule has 0 radical (unpaired) electrons. The summed E-state index contributed by atoms with van der Waals surface area (Å²) in [6, 6.07) is 7.97. The lowest BCUT2D eigenvalue weighted by atomic mass is 10.1. The lowest BCUT2D eigenvalue weighted by Crippen LogP contribution is -2.08. The van der Waals surface area contributed by atoms with Crippen LogP contribution in [0, 0.1) is 24.2 Å². The third-order valence-corrected chi connectivity index (χ3v) is 3.03. The van der Waals surface area contributed by atoms with E-state index in [1.54, 1.807) is 11.8 Å². The summed E-state index contributed by atoms with van der Waals surface area (Å²) in [6.07, 6.45) is 0.743. The molecule has 0 aliphatic rings. The van der Waals surface area contributed by atoms with Gasteiger partial charge in [0, 0.05) is 0 Å². The van der Waals surface area contributed by atoms with Crippen molar-refractivity contribution in [2.75, 3.05) is 7.11 Å². The Balaban J connectivity index is 2.61. The van der Waals surface area contributed by atoms with Gasteiger partial charge in [-0.3, -0.25) is 0 Å². The Morgan fingerprint density at radius 3 is 2.75 bits per heavy atom. The Bertz CT molecular complexity index is 652. The number of hydrogen-bond acceptors (Lipinski definition) is 4. The third kappa shape index (κ3) is 2.64. The van der Waals surface area contributed by atoms with E-state index in [-0.39, 0.29) is 0 Å². The van der Waals surface area contributed by atoms with Crippen molar-refractivity contribution < 1.29 is 4.74 Å². The second-order valence-corrected chi connectivity index (χ2v) is 5.18. The maximum absolute atomic E-state index is 9.18. The van der Waals surface area contributed by atoms with E-state index in [0.29, 0.717) is 11.6 Å². The first kappa shape index (κ1) is 14.1. The van der Waals surface area contributed by atoms with Crippen LogP contribution in [0.5, 0.6) is 5.75 Å². The number of benzene rings is 1. The first-order valence-electron chi connectivity index (χ1n) is 6.56. The zero-order chi connectivity index (χ0) is 14.7. The molecule has 0 N–H and O–H groups in total. The van der Waals surface area contributed by atoms with Gasteiger partial charge in [0.25, 0.3) is 0 Å². The fourth-order valence-electron chi connectivity index (χ4n) is 2.12. The quantitative estimate of drug-likeness (QED) is 0.856. The highest BCUT2D eigenvalue weighted by Crippen LogP contribution is 2.26. The summed E-state index contributed by atoms with van der Waals surface area (Å²) < 4.78 is 7.10. The van der Waals surface area contributed by atoms with Gasteiger partial charge in [-0.05, 0) is 37.0 Å². The molecule has 1 heterocycles. The molecule has 0 bridgehead atoms.